The van der Waals surface area contributed by atoms with E-state index < -0.39 is 110 Å². The zero-order chi connectivity index (χ0) is 58.1. The highest BCUT2D eigenvalue weighted by atomic mass is 19.4. The van der Waals surface area contributed by atoms with Crippen LogP contribution in [0.15, 0.2) is 138 Å². The molecule has 0 aromatic heterocycles. The largest absolute Gasteiger partial charge is 0.459 e. The first-order valence-electron chi connectivity index (χ1n) is 25.7. The Balaban J connectivity index is 1.41. The topological polar surface area (TPSA) is 107 Å². The molecule has 0 N–H and O–H groups in total. The third-order valence-corrected chi connectivity index (χ3v) is 17.0. The molecule has 18 heteroatoms. The van der Waals surface area contributed by atoms with Crippen LogP contribution < -0.4 is 0 Å². The van der Waals surface area contributed by atoms with E-state index in [0.29, 0.717) is 36.0 Å². The molecule has 426 valence electrons. The van der Waals surface area contributed by atoms with Crippen LogP contribution in [0.4, 0.5) is 39.5 Å². The molecule has 0 spiro atoms. The molecule has 0 bridgehead atoms. The SMILES string of the molecule is CO[C@](C(=O)O[C@H]1C[C@H]2[C@@]3(C)CC[C@H](OC(=O)[C@@](OC)(c4ccccc4)C(F)(F)F)C(C)(C)[C@@H]3CC[C@]2(C)/C1=C(C)/C=C/C=C(\C)[C@H](CC=C(C)C)OC(=O)[C@@](OC)(c1ccccc1)C(F)(F)F)(c1ccccc1)C(F)(F)F. The van der Waals surface area contributed by atoms with E-state index in [9.17, 15) is 27.6 Å². The maximum absolute atomic E-state index is 15.4. The summed E-state index contributed by atoms with van der Waals surface area (Å²) in [5.74, 6) is -5.82. The predicted octanol–water partition coefficient (Wildman–Crippen LogP) is 14.5. The number of halogens is 9. The monoisotopic (exact) mass is 1100 g/mol. The van der Waals surface area contributed by atoms with Crippen molar-refractivity contribution in [1.82, 2.24) is 0 Å². The van der Waals surface area contributed by atoms with Gasteiger partial charge in [0.1, 0.15) is 18.3 Å². The van der Waals surface area contributed by atoms with Crippen molar-refractivity contribution in [1.29, 1.82) is 0 Å². The van der Waals surface area contributed by atoms with Gasteiger partial charge in [0.05, 0.1) is 0 Å². The van der Waals surface area contributed by atoms with Crippen molar-refractivity contribution in [3.63, 3.8) is 0 Å². The second-order valence-corrected chi connectivity index (χ2v) is 22.0. The van der Waals surface area contributed by atoms with E-state index in [-0.39, 0.29) is 25.2 Å². The maximum Gasteiger partial charge on any atom is 0.432 e. The summed E-state index contributed by atoms with van der Waals surface area (Å²) < 4.78 is 169. The van der Waals surface area contributed by atoms with Crippen molar-refractivity contribution in [3.8, 4) is 0 Å². The Morgan fingerprint density at radius 1 is 0.603 bits per heavy atom. The molecule has 0 radical (unpaired) electrons. The fraction of sp³-hybridized carbons (Fsp3) is 0.517. The van der Waals surface area contributed by atoms with Crippen molar-refractivity contribution in [2.24, 2.45) is 28.1 Å². The van der Waals surface area contributed by atoms with E-state index >= 15 is 26.3 Å². The highest BCUT2D eigenvalue weighted by Crippen LogP contribution is 2.71. The fourth-order valence-electron chi connectivity index (χ4n) is 13.1. The van der Waals surface area contributed by atoms with Gasteiger partial charge in [-0.25, -0.2) is 14.4 Å². The first-order valence-corrected chi connectivity index (χ1v) is 25.7. The number of esters is 3. The number of rotatable bonds is 17. The number of ether oxygens (including phenoxy) is 6. The molecule has 3 fully saturated rings. The summed E-state index contributed by atoms with van der Waals surface area (Å²) in [6, 6.07) is 19.2. The molecule has 0 saturated heterocycles. The smallest absolute Gasteiger partial charge is 0.432 e. The van der Waals surface area contributed by atoms with Gasteiger partial charge in [0, 0.05) is 49.9 Å². The van der Waals surface area contributed by atoms with Crippen LogP contribution in [-0.2, 0) is 59.6 Å². The summed E-state index contributed by atoms with van der Waals surface area (Å²) in [7, 11) is 2.33. The van der Waals surface area contributed by atoms with Crippen molar-refractivity contribution < 1.29 is 82.3 Å². The summed E-state index contributed by atoms with van der Waals surface area (Å²) in [5.41, 5.74) is -12.4. The van der Waals surface area contributed by atoms with E-state index in [1.165, 1.54) is 60.7 Å². The molecule has 0 heterocycles. The molecular weight excluding hydrogens is 1040 g/mol. The molecule has 3 aromatic rings. The highest BCUT2D eigenvalue weighted by molar-refractivity contribution is 5.84. The van der Waals surface area contributed by atoms with E-state index in [4.69, 9.17) is 28.4 Å². The van der Waals surface area contributed by atoms with Crippen molar-refractivity contribution in [3.05, 3.63) is 154 Å². The Labute approximate surface area is 450 Å². The van der Waals surface area contributed by atoms with E-state index in [2.05, 4.69) is 0 Å². The van der Waals surface area contributed by atoms with Crippen LogP contribution in [0.2, 0.25) is 0 Å². The van der Waals surface area contributed by atoms with E-state index in [0.717, 1.165) is 63.3 Å². The number of carbonyl (C=O) groups is 3. The van der Waals surface area contributed by atoms with Gasteiger partial charge in [-0.05, 0) is 99.2 Å². The van der Waals surface area contributed by atoms with Crippen molar-refractivity contribution in [2.75, 3.05) is 21.3 Å². The van der Waals surface area contributed by atoms with Gasteiger partial charge in [0.15, 0.2) is 0 Å². The molecule has 10 atom stereocenters. The Bertz CT molecular complexity index is 2750. The lowest BCUT2D eigenvalue weighted by Gasteiger charge is -2.62. The third-order valence-electron chi connectivity index (χ3n) is 17.0. The Hall–Kier alpha value is -5.72. The van der Waals surface area contributed by atoms with Gasteiger partial charge in [-0.15, -0.1) is 0 Å². The van der Waals surface area contributed by atoms with Gasteiger partial charge >= 0.3 is 36.4 Å². The standard InChI is InChI=1S/C60H69F9O9/c1-37(2)30-31-43(76-49(70)55(73-9,58(61,62)63)40-24-15-12-16-25-40)38(3)22-21-23-39(4)48-44(77-50(71)56(74-10,59(64,65)66)41-26-17-13-18-27-41)36-46-53(7)35-33-47(52(5,6)45(53)32-34-54(46,48)8)78-51(72)57(75-11,60(67,68)69)42-28-19-14-20-29-42/h12-30,43-47H,31-36H2,1-11H3/b23-21+,38-22+,48-39+/t43-,44-,45-,46-,47-,53-,54-,55-,56-,57-/m0/s1. The second-order valence-electron chi connectivity index (χ2n) is 22.0. The van der Waals surface area contributed by atoms with Gasteiger partial charge in [0.2, 0.25) is 0 Å². The number of carbonyl (C=O) groups excluding carboxylic acids is 3. The Kier molecular flexibility index (Phi) is 18.0. The summed E-state index contributed by atoms with van der Waals surface area (Å²) in [5, 5.41) is 0. The molecule has 3 aliphatic rings. The van der Waals surface area contributed by atoms with Crippen LogP contribution in [0.3, 0.4) is 0 Å². The number of hydrogen-bond donors (Lipinski definition) is 0. The molecule has 3 saturated carbocycles. The fourth-order valence-corrected chi connectivity index (χ4v) is 13.1. The quantitative estimate of drug-likeness (QED) is 0.0429. The molecule has 0 unspecified atom stereocenters. The number of methoxy groups -OCH3 is 3. The number of benzene rings is 3. The molecule has 0 amide bonds. The molecule has 3 aromatic carbocycles. The zero-order valence-corrected chi connectivity index (χ0v) is 45.7. The van der Waals surface area contributed by atoms with Crippen LogP contribution in [0, 0.1) is 28.1 Å². The maximum atomic E-state index is 15.4. The van der Waals surface area contributed by atoms with Crippen LogP contribution in [0.5, 0.6) is 0 Å². The van der Waals surface area contributed by atoms with Crippen LogP contribution in [-0.4, -0.2) is 76.1 Å². The minimum Gasteiger partial charge on any atom is -0.459 e. The third kappa shape index (κ3) is 10.7. The Morgan fingerprint density at radius 3 is 1.46 bits per heavy atom. The van der Waals surface area contributed by atoms with Gasteiger partial charge in [0.25, 0.3) is 16.8 Å². The molecule has 0 aliphatic heterocycles. The summed E-state index contributed by atoms with van der Waals surface area (Å²) >= 11 is 0. The summed E-state index contributed by atoms with van der Waals surface area (Å²) in [4.78, 5) is 42.4. The van der Waals surface area contributed by atoms with Crippen molar-refractivity contribution in [2.45, 2.75) is 148 Å². The molecule has 9 nitrogen and oxygen atoms in total. The number of alkyl halides is 9. The highest BCUT2D eigenvalue weighted by Gasteiger charge is 2.70. The lowest BCUT2D eigenvalue weighted by atomic mass is 9.43. The summed E-state index contributed by atoms with van der Waals surface area (Å²) in [6.07, 6.45) is -11.7. The van der Waals surface area contributed by atoms with Crippen LogP contribution in [0.25, 0.3) is 0 Å². The average molecular weight is 1110 g/mol. The number of fused-ring (bicyclic) bond motifs is 3. The summed E-state index contributed by atoms with van der Waals surface area (Å²) in [6.45, 7) is 14.4. The predicted molar refractivity (Wildman–Crippen MR) is 273 cm³/mol. The van der Waals surface area contributed by atoms with Crippen LogP contribution >= 0.6 is 0 Å². The van der Waals surface area contributed by atoms with Gasteiger partial charge in [-0.2, -0.15) is 39.5 Å². The second kappa shape index (κ2) is 22.8. The molecule has 78 heavy (non-hydrogen) atoms. The minimum atomic E-state index is -5.31. The molecule has 3 aliphatic carbocycles. The molecular formula is C60H69F9O9. The lowest BCUT2D eigenvalue weighted by molar-refractivity contribution is -0.283. The lowest BCUT2D eigenvalue weighted by Crippen LogP contribution is -2.60. The zero-order valence-electron chi connectivity index (χ0n) is 45.7. The molecule has 6 rings (SSSR count). The van der Waals surface area contributed by atoms with Gasteiger partial charge in [-0.1, -0.05) is 149 Å². The Morgan fingerprint density at radius 2 is 1.04 bits per heavy atom. The van der Waals surface area contributed by atoms with Gasteiger partial charge in [-0.3, -0.25) is 0 Å². The van der Waals surface area contributed by atoms with Gasteiger partial charge < -0.3 is 28.4 Å². The average Bonchev–Trinajstić information content (AvgIpc) is 3.93. The minimum absolute atomic E-state index is 0.0187. The first kappa shape index (κ1) is 61.5. The van der Waals surface area contributed by atoms with Crippen molar-refractivity contribution >= 4 is 17.9 Å². The first-order chi connectivity index (χ1) is 36.3. The number of allylic oxidation sites excluding steroid dienone is 5. The normalized spacial score (nSPS) is 26.9. The van der Waals surface area contributed by atoms with E-state index in [1.54, 1.807) is 45.9 Å². The van der Waals surface area contributed by atoms with E-state index in [1.807, 2.05) is 27.7 Å². The van der Waals surface area contributed by atoms with Crippen LogP contribution in [0.1, 0.15) is 111 Å². The number of hydrogen-bond acceptors (Lipinski definition) is 9.